The van der Waals surface area contributed by atoms with Crippen molar-refractivity contribution in [2.45, 2.75) is 44.6 Å². The fourth-order valence-electron chi connectivity index (χ4n) is 3.11. The lowest BCUT2D eigenvalue weighted by atomic mass is 9.87. The van der Waals surface area contributed by atoms with Gasteiger partial charge in [0.15, 0.2) is 5.79 Å². The number of methoxy groups -OCH3 is 2. The Bertz CT molecular complexity index is 490. The number of carbonyl (C=O) groups excluding carboxylic acids is 1. The van der Waals surface area contributed by atoms with E-state index in [1.807, 2.05) is 19.1 Å². The summed E-state index contributed by atoms with van der Waals surface area (Å²) in [6.07, 6.45) is 4.30. The Labute approximate surface area is 131 Å². The van der Waals surface area contributed by atoms with Gasteiger partial charge >= 0.3 is 6.09 Å². The highest BCUT2D eigenvalue weighted by atomic mass is 16.7. The molecule has 0 N–H and O–H groups in total. The van der Waals surface area contributed by atoms with Gasteiger partial charge in [0.1, 0.15) is 0 Å². The summed E-state index contributed by atoms with van der Waals surface area (Å²) in [5.74, 6) is -0.705. The lowest BCUT2D eigenvalue weighted by Gasteiger charge is -2.48. The maximum absolute atomic E-state index is 12.4. The minimum absolute atomic E-state index is 0.0714. The highest BCUT2D eigenvalue weighted by Crippen LogP contribution is 2.42. The van der Waals surface area contributed by atoms with E-state index in [0.29, 0.717) is 19.4 Å². The van der Waals surface area contributed by atoms with Crippen molar-refractivity contribution < 1.29 is 19.0 Å². The van der Waals surface area contributed by atoms with E-state index in [-0.39, 0.29) is 18.2 Å². The SMILES string of the molecule is CCOC(=O)N1[C@@H](c2cccnc2)CC(OC)(OC)C[C@@H]1C. The number of aromatic nitrogens is 1. The summed E-state index contributed by atoms with van der Waals surface area (Å²) in [6.45, 7) is 4.13. The van der Waals surface area contributed by atoms with Crippen LogP contribution in [0.4, 0.5) is 4.79 Å². The Morgan fingerprint density at radius 3 is 2.68 bits per heavy atom. The first-order chi connectivity index (χ1) is 10.6. The van der Waals surface area contributed by atoms with Gasteiger partial charge in [-0.3, -0.25) is 9.88 Å². The van der Waals surface area contributed by atoms with E-state index in [0.717, 1.165) is 5.56 Å². The van der Waals surface area contributed by atoms with Crippen LogP contribution in [-0.2, 0) is 14.2 Å². The van der Waals surface area contributed by atoms with Gasteiger partial charge in [0, 0.05) is 45.5 Å². The molecule has 122 valence electrons. The van der Waals surface area contributed by atoms with E-state index in [2.05, 4.69) is 4.98 Å². The van der Waals surface area contributed by atoms with E-state index < -0.39 is 5.79 Å². The van der Waals surface area contributed by atoms with Crippen molar-refractivity contribution in [2.24, 2.45) is 0 Å². The average molecular weight is 308 g/mol. The molecular formula is C16H24N2O4. The topological polar surface area (TPSA) is 60.9 Å². The van der Waals surface area contributed by atoms with Gasteiger partial charge in [0.2, 0.25) is 0 Å². The molecule has 6 nitrogen and oxygen atoms in total. The molecule has 1 aromatic heterocycles. The van der Waals surface area contributed by atoms with Crippen LogP contribution in [0, 0.1) is 0 Å². The molecule has 2 heterocycles. The van der Waals surface area contributed by atoms with E-state index in [1.165, 1.54) is 0 Å². The zero-order valence-electron chi connectivity index (χ0n) is 13.6. The standard InChI is InChI=1S/C16H24N2O4/c1-5-22-15(19)18-12(2)9-16(20-3,21-4)10-14(18)13-7-6-8-17-11-13/h6-8,11-12,14H,5,9-10H2,1-4H3/t12-,14+/m0/s1. The molecule has 1 fully saturated rings. The van der Waals surface area contributed by atoms with Crippen LogP contribution in [0.5, 0.6) is 0 Å². The number of pyridine rings is 1. The average Bonchev–Trinajstić information content (AvgIpc) is 2.55. The zero-order valence-corrected chi connectivity index (χ0v) is 13.6. The summed E-state index contributed by atoms with van der Waals surface area (Å²) >= 11 is 0. The smallest absolute Gasteiger partial charge is 0.410 e. The molecule has 2 atom stereocenters. The van der Waals surface area contributed by atoms with Gasteiger partial charge in [-0.15, -0.1) is 0 Å². The third kappa shape index (κ3) is 3.23. The molecule has 0 spiro atoms. The van der Waals surface area contributed by atoms with Crippen molar-refractivity contribution >= 4 is 6.09 Å². The highest BCUT2D eigenvalue weighted by Gasteiger charge is 2.46. The first kappa shape index (κ1) is 16.7. The molecule has 0 saturated carbocycles. The molecule has 0 aromatic carbocycles. The van der Waals surface area contributed by atoms with Crippen LogP contribution in [0.15, 0.2) is 24.5 Å². The molecule has 22 heavy (non-hydrogen) atoms. The number of likely N-dealkylation sites (tertiary alicyclic amines) is 1. The number of piperidine rings is 1. The first-order valence-corrected chi connectivity index (χ1v) is 7.52. The number of amides is 1. The Hall–Kier alpha value is -1.66. The van der Waals surface area contributed by atoms with Crippen molar-refractivity contribution in [3.63, 3.8) is 0 Å². The van der Waals surface area contributed by atoms with E-state index >= 15 is 0 Å². The predicted octanol–water partition coefficient (Wildman–Crippen LogP) is 2.75. The van der Waals surface area contributed by atoms with Gasteiger partial charge < -0.3 is 14.2 Å². The second-order valence-electron chi connectivity index (χ2n) is 5.48. The van der Waals surface area contributed by atoms with Gasteiger partial charge in [0.05, 0.1) is 12.6 Å². The molecule has 1 aromatic rings. The maximum atomic E-state index is 12.4. The van der Waals surface area contributed by atoms with Crippen LogP contribution >= 0.6 is 0 Å². The summed E-state index contributed by atoms with van der Waals surface area (Å²) in [4.78, 5) is 18.3. The lowest BCUT2D eigenvalue weighted by molar-refractivity contribution is -0.244. The van der Waals surface area contributed by atoms with Crippen LogP contribution in [0.1, 0.15) is 38.3 Å². The molecule has 1 amide bonds. The quantitative estimate of drug-likeness (QED) is 0.800. The van der Waals surface area contributed by atoms with Crippen molar-refractivity contribution in [1.82, 2.24) is 9.88 Å². The Morgan fingerprint density at radius 1 is 1.41 bits per heavy atom. The van der Waals surface area contributed by atoms with E-state index in [1.54, 1.807) is 38.4 Å². The summed E-state index contributed by atoms with van der Waals surface area (Å²) < 4.78 is 16.5. The molecule has 0 bridgehead atoms. The van der Waals surface area contributed by atoms with Crippen LogP contribution in [0.2, 0.25) is 0 Å². The van der Waals surface area contributed by atoms with Gasteiger partial charge in [-0.25, -0.2) is 4.79 Å². The largest absolute Gasteiger partial charge is 0.450 e. The van der Waals surface area contributed by atoms with Crippen molar-refractivity contribution in [3.05, 3.63) is 30.1 Å². The summed E-state index contributed by atoms with van der Waals surface area (Å²) in [6, 6.07) is 3.55. The third-order valence-corrected chi connectivity index (χ3v) is 4.21. The molecular weight excluding hydrogens is 284 g/mol. The minimum atomic E-state index is -0.705. The predicted molar refractivity (Wildman–Crippen MR) is 81.3 cm³/mol. The number of hydrogen-bond acceptors (Lipinski definition) is 5. The Morgan fingerprint density at radius 2 is 2.14 bits per heavy atom. The van der Waals surface area contributed by atoms with Gasteiger partial charge in [-0.2, -0.15) is 0 Å². The van der Waals surface area contributed by atoms with Crippen molar-refractivity contribution in [3.8, 4) is 0 Å². The summed E-state index contributed by atoms with van der Waals surface area (Å²) in [5, 5.41) is 0. The van der Waals surface area contributed by atoms with E-state index in [4.69, 9.17) is 14.2 Å². The molecule has 1 saturated heterocycles. The van der Waals surface area contributed by atoms with Crippen LogP contribution < -0.4 is 0 Å². The number of hydrogen-bond donors (Lipinski definition) is 0. The zero-order chi connectivity index (χ0) is 16.2. The molecule has 1 aliphatic rings. The van der Waals surface area contributed by atoms with Crippen LogP contribution in [-0.4, -0.2) is 48.6 Å². The first-order valence-electron chi connectivity index (χ1n) is 7.52. The van der Waals surface area contributed by atoms with Crippen LogP contribution in [0.3, 0.4) is 0 Å². The van der Waals surface area contributed by atoms with Gasteiger partial charge in [-0.1, -0.05) is 6.07 Å². The van der Waals surface area contributed by atoms with Crippen molar-refractivity contribution in [2.75, 3.05) is 20.8 Å². The number of rotatable bonds is 4. The maximum Gasteiger partial charge on any atom is 0.410 e. The monoisotopic (exact) mass is 308 g/mol. The van der Waals surface area contributed by atoms with E-state index in [9.17, 15) is 4.79 Å². The Balaban J connectivity index is 2.37. The normalized spacial score (nSPS) is 24.1. The molecule has 2 rings (SSSR count). The summed E-state index contributed by atoms with van der Waals surface area (Å²) in [5.41, 5.74) is 0.945. The van der Waals surface area contributed by atoms with Crippen molar-refractivity contribution in [1.29, 1.82) is 0 Å². The fraction of sp³-hybridized carbons (Fsp3) is 0.625. The molecule has 6 heteroatoms. The van der Waals surface area contributed by atoms with Gasteiger partial charge in [-0.05, 0) is 25.5 Å². The molecule has 0 unspecified atom stereocenters. The fourth-order valence-corrected chi connectivity index (χ4v) is 3.11. The van der Waals surface area contributed by atoms with Gasteiger partial charge in [0.25, 0.3) is 0 Å². The molecule has 0 aliphatic carbocycles. The second kappa shape index (κ2) is 7.07. The molecule has 0 radical (unpaired) electrons. The molecule has 1 aliphatic heterocycles. The second-order valence-corrected chi connectivity index (χ2v) is 5.48. The lowest BCUT2D eigenvalue weighted by Crippen LogP contribution is -2.54. The summed E-state index contributed by atoms with van der Waals surface area (Å²) in [7, 11) is 3.27. The number of ether oxygens (including phenoxy) is 3. The number of nitrogens with zero attached hydrogens (tertiary/aromatic N) is 2. The minimum Gasteiger partial charge on any atom is -0.450 e. The Kier molecular flexibility index (Phi) is 5.37. The van der Waals surface area contributed by atoms with Crippen LogP contribution in [0.25, 0.3) is 0 Å². The highest BCUT2D eigenvalue weighted by molar-refractivity contribution is 5.69. The third-order valence-electron chi connectivity index (χ3n) is 4.21. The number of carbonyl (C=O) groups is 1.